The lowest BCUT2D eigenvalue weighted by atomic mass is 10.1. The van der Waals surface area contributed by atoms with Gasteiger partial charge in [-0.15, -0.1) is 0 Å². The van der Waals surface area contributed by atoms with Gasteiger partial charge in [-0.1, -0.05) is 30.3 Å². The molecule has 0 atom stereocenters. The van der Waals surface area contributed by atoms with Crippen molar-refractivity contribution >= 4 is 27.8 Å². The van der Waals surface area contributed by atoms with Crippen LogP contribution < -0.4 is 5.56 Å². The van der Waals surface area contributed by atoms with Gasteiger partial charge >= 0.3 is 6.09 Å². The number of rotatable bonds is 1. The summed E-state index contributed by atoms with van der Waals surface area (Å²) in [5.41, 5.74) is 1.10. The van der Waals surface area contributed by atoms with E-state index in [2.05, 4.69) is 4.98 Å². The molecule has 3 aromatic rings. The molecule has 0 saturated carbocycles. The average Bonchev–Trinajstić information content (AvgIpc) is 2.77. The Morgan fingerprint density at radius 1 is 1.16 bits per heavy atom. The maximum Gasteiger partial charge on any atom is 0.428 e. The smallest absolute Gasteiger partial charge is 0.428 e. The maximum absolute atomic E-state index is 11.8. The standard InChI is InChI=1S/C13H8N2O3S/c16-12-9-6-7-10(8-4-2-1-3-5-8)14-11(9)19-15(12)13(17)18/h1-7H,(H,17,18). The van der Waals surface area contributed by atoms with Gasteiger partial charge in [-0.3, -0.25) is 4.79 Å². The molecule has 0 aliphatic carbocycles. The van der Waals surface area contributed by atoms with Crippen LogP contribution in [-0.4, -0.2) is 20.1 Å². The number of hydrogen-bond donors (Lipinski definition) is 1. The van der Waals surface area contributed by atoms with E-state index < -0.39 is 11.7 Å². The molecule has 6 heteroatoms. The van der Waals surface area contributed by atoms with Crippen molar-refractivity contribution in [1.82, 2.24) is 8.94 Å². The molecule has 94 valence electrons. The first-order valence-electron chi connectivity index (χ1n) is 5.48. The van der Waals surface area contributed by atoms with Crippen LogP contribution in [0.4, 0.5) is 4.79 Å². The van der Waals surface area contributed by atoms with Gasteiger partial charge < -0.3 is 5.11 Å². The summed E-state index contributed by atoms with van der Waals surface area (Å²) in [7, 11) is 0. The topological polar surface area (TPSA) is 72.2 Å². The zero-order valence-corrected chi connectivity index (χ0v) is 10.4. The lowest BCUT2D eigenvalue weighted by Gasteiger charge is -1.98. The summed E-state index contributed by atoms with van der Waals surface area (Å²) >= 11 is 0.834. The van der Waals surface area contributed by atoms with Crippen molar-refractivity contribution < 1.29 is 9.90 Å². The van der Waals surface area contributed by atoms with Gasteiger partial charge in [0.1, 0.15) is 4.83 Å². The predicted octanol–water partition coefficient (Wildman–Crippen LogP) is 2.65. The third-order valence-electron chi connectivity index (χ3n) is 2.70. The molecule has 19 heavy (non-hydrogen) atoms. The first kappa shape index (κ1) is 11.6. The van der Waals surface area contributed by atoms with Gasteiger partial charge in [0.25, 0.3) is 5.56 Å². The zero-order chi connectivity index (χ0) is 13.4. The highest BCUT2D eigenvalue weighted by Crippen LogP contribution is 2.21. The van der Waals surface area contributed by atoms with Crippen LogP contribution in [0, 0.1) is 0 Å². The number of carboxylic acid groups (broad SMARTS) is 1. The van der Waals surface area contributed by atoms with Crippen molar-refractivity contribution in [3.05, 3.63) is 52.8 Å². The van der Waals surface area contributed by atoms with Gasteiger partial charge in [-0.05, 0) is 23.7 Å². The summed E-state index contributed by atoms with van der Waals surface area (Å²) in [4.78, 5) is 27.4. The van der Waals surface area contributed by atoms with Crippen LogP contribution in [0.2, 0.25) is 0 Å². The second kappa shape index (κ2) is 4.33. The molecule has 2 heterocycles. The monoisotopic (exact) mass is 272 g/mol. The van der Waals surface area contributed by atoms with Crippen molar-refractivity contribution in [3.8, 4) is 11.3 Å². The minimum Gasteiger partial charge on any atom is -0.464 e. The van der Waals surface area contributed by atoms with Gasteiger partial charge in [0.2, 0.25) is 0 Å². The van der Waals surface area contributed by atoms with E-state index in [9.17, 15) is 9.59 Å². The van der Waals surface area contributed by atoms with Crippen LogP contribution in [0.15, 0.2) is 47.3 Å². The molecule has 0 aliphatic rings. The largest absolute Gasteiger partial charge is 0.464 e. The number of pyridine rings is 1. The highest BCUT2D eigenvalue weighted by Gasteiger charge is 2.14. The van der Waals surface area contributed by atoms with E-state index in [1.807, 2.05) is 30.3 Å². The Hall–Kier alpha value is -2.47. The fraction of sp³-hybridized carbons (Fsp3) is 0. The molecule has 5 nitrogen and oxygen atoms in total. The number of fused-ring (bicyclic) bond motifs is 1. The zero-order valence-electron chi connectivity index (χ0n) is 9.61. The van der Waals surface area contributed by atoms with Gasteiger partial charge in [0, 0.05) is 5.56 Å². The number of hydrogen-bond acceptors (Lipinski definition) is 4. The van der Waals surface area contributed by atoms with Crippen LogP contribution in [0.5, 0.6) is 0 Å². The minimum atomic E-state index is -1.28. The van der Waals surface area contributed by atoms with E-state index in [4.69, 9.17) is 5.11 Å². The molecule has 2 aromatic heterocycles. The summed E-state index contributed by atoms with van der Waals surface area (Å²) in [5.74, 6) is 0. The third-order valence-corrected chi connectivity index (χ3v) is 3.68. The van der Waals surface area contributed by atoms with Gasteiger partial charge in [-0.2, -0.15) is 3.96 Å². The van der Waals surface area contributed by atoms with Crippen LogP contribution in [0.25, 0.3) is 21.5 Å². The number of carbonyl (C=O) groups is 1. The van der Waals surface area contributed by atoms with Crippen molar-refractivity contribution in [3.63, 3.8) is 0 Å². The van der Waals surface area contributed by atoms with Crippen LogP contribution >= 0.6 is 11.5 Å². The summed E-state index contributed by atoms with van der Waals surface area (Å²) in [6, 6.07) is 12.8. The van der Waals surface area contributed by atoms with Crippen molar-refractivity contribution in [2.24, 2.45) is 0 Å². The Morgan fingerprint density at radius 2 is 1.89 bits per heavy atom. The second-order valence-electron chi connectivity index (χ2n) is 3.89. The fourth-order valence-electron chi connectivity index (χ4n) is 1.81. The van der Waals surface area contributed by atoms with Gasteiger partial charge in [0.05, 0.1) is 11.1 Å². The molecular weight excluding hydrogens is 264 g/mol. The molecule has 0 saturated heterocycles. The maximum atomic E-state index is 11.8. The van der Waals surface area contributed by atoms with E-state index in [0.29, 0.717) is 19.9 Å². The normalized spacial score (nSPS) is 10.7. The summed E-state index contributed by atoms with van der Waals surface area (Å²) < 4.78 is 0.687. The SMILES string of the molecule is O=C(O)n1sc2nc(-c3ccccc3)ccc2c1=O. The summed E-state index contributed by atoms with van der Waals surface area (Å²) in [5, 5.41) is 9.22. The van der Waals surface area contributed by atoms with E-state index in [1.165, 1.54) is 0 Å². The summed E-state index contributed by atoms with van der Waals surface area (Å²) in [6.07, 6.45) is -1.28. The van der Waals surface area contributed by atoms with E-state index in [-0.39, 0.29) is 0 Å². The molecule has 0 unspecified atom stereocenters. The van der Waals surface area contributed by atoms with Crippen LogP contribution in [0.1, 0.15) is 0 Å². The molecule has 1 aromatic carbocycles. The Balaban J connectivity index is 2.22. The molecule has 0 spiro atoms. The molecule has 0 amide bonds. The number of aromatic nitrogens is 2. The predicted molar refractivity (Wildman–Crippen MR) is 72.7 cm³/mol. The van der Waals surface area contributed by atoms with Crippen molar-refractivity contribution in [2.75, 3.05) is 0 Å². The first-order chi connectivity index (χ1) is 9.16. The second-order valence-corrected chi connectivity index (χ2v) is 4.82. The molecule has 3 rings (SSSR count). The van der Waals surface area contributed by atoms with Crippen LogP contribution in [0.3, 0.4) is 0 Å². The van der Waals surface area contributed by atoms with Gasteiger partial charge in [0.15, 0.2) is 0 Å². The first-order valence-corrected chi connectivity index (χ1v) is 6.26. The Labute approximate surface area is 111 Å². The lowest BCUT2D eigenvalue weighted by Crippen LogP contribution is -2.19. The van der Waals surface area contributed by atoms with Crippen molar-refractivity contribution in [2.45, 2.75) is 0 Å². The van der Waals surface area contributed by atoms with E-state index >= 15 is 0 Å². The molecule has 0 radical (unpaired) electrons. The van der Waals surface area contributed by atoms with Crippen molar-refractivity contribution in [1.29, 1.82) is 0 Å². The lowest BCUT2D eigenvalue weighted by molar-refractivity contribution is 0.198. The van der Waals surface area contributed by atoms with E-state index in [0.717, 1.165) is 17.1 Å². The van der Waals surface area contributed by atoms with E-state index in [1.54, 1.807) is 12.1 Å². The van der Waals surface area contributed by atoms with Gasteiger partial charge in [-0.25, -0.2) is 9.78 Å². The quantitative estimate of drug-likeness (QED) is 0.739. The summed E-state index contributed by atoms with van der Waals surface area (Å²) in [6.45, 7) is 0. The van der Waals surface area contributed by atoms with Crippen LogP contribution in [-0.2, 0) is 0 Å². The Bertz CT molecular complexity index is 821. The Kier molecular flexibility index (Phi) is 2.64. The number of nitrogens with zero attached hydrogens (tertiary/aromatic N) is 2. The molecule has 0 bridgehead atoms. The molecule has 0 aliphatic heterocycles. The molecule has 1 N–H and O–H groups in total. The fourth-order valence-corrected chi connectivity index (χ4v) is 2.63. The average molecular weight is 272 g/mol. The Morgan fingerprint density at radius 3 is 2.58 bits per heavy atom. The third kappa shape index (κ3) is 1.92. The molecule has 0 fully saturated rings. The highest BCUT2D eigenvalue weighted by molar-refractivity contribution is 7.14. The highest BCUT2D eigenvalue weighted by atomic mass is 32.1. The number of benzene rings is 1. The minimum absolute atomic E-state index is 0.326. The molecular formula is C13H8N2O3S.